The van der Waals surface area contributed by atoms with E-state index in [2.05, 4.69) is 155 Å². The molecule has 0 spiro atoms. The highest BCUT2D eigenvalue weighted by molar-refractivity contribution is 6.14. The Bertz CT molecular complexity index is 3000. The third-order valence-corrected chi connectivity index (χ3v) is 11.2. The van der Waals surface area contributed by atoms with Gasteiger partial charge in [-0.3, -0.25) is 0 Å². The van der Waals surface area contributed by atoms with Crippen LogP contribution in [0.4, 0.5) is 0 Å². The number of fused-ring (bicyclic) bond motifs is 6. The van der Waals surface area contributed by atoms with Gasteiger partial charge in [0.05, 0.1) is 34.4 Å². The SMILES string of the molecule is N#CC1=CC=CC(n2c3ccccc3c3cccc(-c4ccccc4-c4ccccc4-c4ccc5c6c(n(-c7ccccc7C#N)c5c4)CCC=C6)c32)C1. The number of para-hydroxylation sites is 3. The van der Waals surface area contributed by atoms with Gasteiger partial charge in [-0.05, 0) is 71.0 Å². The van der Waals surface area contributed by atoms with Crippen LogP contribution in [0.1, 0.15) is 35.7 Å². The van der Waals surface area contributed by atoms with Crippen LogP contribution in [0.15, 0.2) is 163 Å². The van der Waals surface area contributed by atoms with Gasteiger partial charge in [0, 0.05) is 50.5 Å². The average Bonchev–Trinajstić information content (AvgIpc) is 3.76. The Hall–Kier alpha value is -7.14. The van der Waals surface area contributed by atoms with Crippen molar-refractivity contribution < 1.29 is 0 Å². The van der Waals surface area contributed by atoms with Crippen molar-refractivity contribution in [3.63, 3.8) is 0 Å². The van der Waals surface area contributed by atoms with Crippen molar-refractivity contribution in [1.82, 2.24) is 9.13 Å². The Morgan fingerprint density at radius 3 is 2.15 bits per heavy atom. The molecule has 2 aromatic heterocycles. The van der Waals surface area contributed by atoms with E-state index in [4.69, 9.17) is 0 Å². The molecule has 1 unspecified atom stereocenters. The molecule has 0 N–H and O–H groups in total. The highest BCUT2D eigenvalue weighted by Gasteiger charge is 2.24. The van der Waals surface area contributed by atoms with Gasteiger partial charge in [-0.2, -0.15) is 10.5 Å². The maximum atomic E-state index is 10.1. The fourth-order valence-corrected chi connectivity index (χ4v) is 8.88. The number of rotatable bonds is 5. The summed E-state index contributed by atoms with van der Waals surface area (Å²) in [6, 6.07) is 52.4. The monoisotopic (exact) mass is 690 g/mol. The summed E-state index contributed by atoms with van der Waals surface area (Å²) in [5.41, 5.74) is 15.2. The molecule has 0 amide bonds. The number of nitrogens with zero attached hydrogens (tertiary/aromatic N) is 4. The van der Waals surface area contributed by atoms with Gasteiger partial charge in [0.15, 0.2) is 0 Å². The zero-order valence-electron chi connectivity index (χ0n) is 29.6. The summed E-state index contributed by atoms with van der Waals surface area (Å²) in [7, 11) is 0. The van der Waals surface area contributed by atoms with Crippen LogP contribution < -0.4 is 0 Å². The van der Waals surface area contributed by atoms with Crippen LogP contribution in [-0.4, -0.2) is 9.13 Å². The van der Waals surface area contributed by atoms with Gasteiger partial charge in [0.25, 0.3) is 0 Å². The Labute approximate surface area is 314 Å². The van der Waals surface area contributed by atoms with Crippen molar-refractivity contribution in [2.45, 2.75) is 25.3 Å². The van der Waals surface area contributed by atoms with Crippen molar-refractivity contribution in [3.05, 3.63) is 180 Å². The average molecular weight is 691 g/mol. The number of hydrogen-bond donors (Lipinski definition) is 0. The summed E-state index contributed by atoms with van der Waals surface area (Å²) < 4.78 is 4.76. The highest BCUT2D eigenvalue weighted by atomic mass is 15.0. The minimum absolute atomic E-state index is 0.0162. The predicted molar refractivity (Wildman–Crippen MR) is 221 cm³/mol. The summed E-state index contributed by atoms with van der Waals surface area (Å²) in [5, 5.41) is 23.6. The maximum Gasteiger partial charge on any atom is 0.101 e. The van der Waals surface area contributed by atoms with Gasteiger partial charge in [-0.1, -0.05) is 133 Å². The van der Waals surface area contributed by atoms with Gasteiger partial charge in [-0.25, -0.2) is 0 Å². The molecule has 0 saturated heterocycles. The molecule has 4 nitrogen and oxygen atoms in total. The lowest BCUT2D eigenvalue weighted by Gasteiger charge is -2.22. The maximum absolute atomic E-state index is 10.1. The Morgan fingerprint density at radius 2 is 1.31 bits per heavy atom. The largest absolute Gasteiger partial charge is 0.333 e. The van der Waals surface area contributed by atoms with Crippen LogP contribution in [0.25, 0.3) is 77.9 Å². The van der Waals surface area contributed by atoms with Crippen LogP contribution in [0.2, 0.25) is 0 Å². The fraction of sp³-hybridized carbons (Fsp3) is 0.0800. The van der Waals surface area contributed by atoms with Crippen molar-refractivity contribution in [2.24, 2.45) is 0 Å². The minimum atomic E-state index is 0.0162. The zero-order valence-corrected chi connectivity index (χ0v) is 29.6. The van der Waals surface area contributed by atoms with E-state index in [1.807, 2.05) is 30.4 Å². The van der Waals surface area contributed by atoms with E-state index in [0.717, 1.165) is 63.0 Å². The van der Waals surface area contributed by atoms with E-state index in [1.165, 1.54) is 38.4 Å². The molecule has 6 aromatic carbocycles. The smallest absolute Gasteiger partial charge is 0.101 e. The van der Waals surface area contributed by atoms with Crippen LogP contribution in [0.3, 0.4) is 0 Å². The lowest BCUT2D eigenvalue weighted by molar-refractivity contribution is 0.637. The molecule has 254 valence electrons. The van der Waals surface area contributed by atoms with E-state index < -0.39 is 0 Å². The third-order valence-electron chi connectivity index (χ3n) is 11.2. The van der Waals surface area contributed by atoms with Crippen molar-refractivity contribution >= 4 is 38.8 Å². The Morgan fingerprint density at radius 1 is 0.611 bits per heavy atom. The quantitative estimate of drug-likeness (QED) is 0.180. The van der Waals surface area contributed by atoms with Crippen LogP contribution >= 0.6 is 0 Å². The third kappa shape index (κ3) is 4.89. The lowest BCUT2D eigenvalue weighted by Crippen LogP contribution is -2.09. The number of benzene rings is 6. The number of allylic oxidation sites excluding steroid dienone is 5. The van der Waals surface area contributed by atoms with Gasteiger partial charge in [-0.15, -0.1) is 0 Å². The first-order chi connectivity index (χ1) is 26.7. The first kappa shape index (κ1) is 31.6. The van der Waals surface area contributed by atoms with Gasteiger partial charge >= 0.3 is 0 Å². The summed E-state index contributed by atoms with van der Waals surface area (Å²) in [5.74, 6) is 0. The molecule has 54 heavy (non-hydrogen) atoms. The zero-order chi connectivity index (χ0) is 36.2. The molecule has 2 aliphatic carbocycles. The molecular formula is C50H34N4. The molecule has 0 bridgehead atoms. The molecule has 0 saturated carbocycles. The van der Waals surface area contributed by atoms with Crippen LogP contribution in [-0.2, 0) is 6.42 Å². The first-order valence-corrected chi connectivity index (χ1v) is 18.5. The lowest BCUT2D eigenvalue weighted by atomic mass is 9.88. The van der Waals surface area contributed by atoms with E-state index in [9.17, 15) is 10.5 Å². The van der Waals surface area contributed by atoms with E-state index in [-0.39, 0.29) is 6.04 Å². The second-order valence-electron chi connectivity index (χ2n) is 14.1. The number of nitriles is 2. The van der Waals surface area contributed by atoms with Crippen LogP contribution in [0.5, 0.6) is 0 Å². The number of hydrogen-bond acceptors (Lipinski definition) is 2. The number of aromatic nitrogens is 2. The molecule has 1 atom stereocenters. The normalized spacial score (nSPS) is 14.9. The van der Waals surface area contributed by atoms with Crippen molar-refractivity contribution in [3.8, 4) is 51.2 Å². The second-order valence-corrected chi connectivity index (χ2v) is 14.1. The molecular weight excluding hydrogens is 657 g/mol. The molecule has 8 aromatic rings. The Kier molecular flexibility index (Phi) is 7.50. The molecule has 10 rings (SSSR count). The second kappa shape index (κ2) is 12.8. The Balaban J connectivity index is 1.19. The standard InChI is InChI=1S/C50H34N4/c51-31-33-13-11-15-36(29-33)53-47-25-9-7-21-42(47)45-23-12-22-44(50(45)53)40-19-5-4-18-39(40)38-17-3-2-16-37(38)34-27-28-43-41-20-6-10-26-48(41)54(49(43)30-34)46-24-8-1-14-35(46)32-52/h1-9,11-25,27-28,30,36H,10,26,29H2. The molecule has 0 fully saturated rings. The predicted octanol–water partition coefficient (Wildman–Crippen LogP) is 12.5. The highest BCUT2D eigenvalue weighted by Crippen LogP contribution is 2.45. The molecule has 4 heteroatoms. The first-order valence-electron chi connectivity index (χ1n) is 18.5. The molecule has 0 radical (unpaired) electrons. The molecule has 2 aliphatic rings. The summed E-state index contributed by atoms with van der Waals surface area (Å²) in [6.07, 6.45) is 13.2. The summed E-state index contributed by atoms with van der Waals surface area (Å²) in [6.45, 7) is 0. The van der Waals surface area contributed by atoms with Gasteiger partial charge in [0.2, 0.25) is 0 Å². The molecule has 2 heterocycles. The van der Waals surface area contributed by atoms with Crippen molar-refractivity contribution in [2.75, 3.05) is 0 Å². The summed E-state index contributed by atoms with van der Waals surface area (Å²) in [4.78, 5) is 0. The topological polar surface area (TPSA) is 57.4 Å². The summed E-state index contributed by atoms with van der Waals surface area (Å²) >= 11 is 0. The van der Waals surface area contributed by atoms with Crippen LogP contribution in [0, 0.1) is 22.7 Å². The van der Waals surface area contributed by atoms with Gasteiger partial charge < -0.3 is 9.13 Å². The fourth-order valence-electron chi connectivity index (χ4n) is 8.88. The molecule has 0 aliphatic heterocycles. The minimum Gasteiger partial charge on any atom is -0.333 e. The van der Waals surface area contributed by atoms with Crippen molar-refractivity contribution in [1.29, 1.82) is 10.5 Å². The van der Waals surface area contributed by atoms with E-state index >= 15 is 0 Å². The van der Waals surface area contributed by atoms with E-state index in [1.54, 1.807) is 0 Å². The van der Waals surface area contributed by atoms with Gasteiger partial charge in [0.1, 0.15) is 6.07 Å². The van der Waals surface area contributed by atoms with E-state index in [0.29, 0.717) is 12.0 Å².